The SMILES string of the molecule is c1ccc(-c2nc(-c3ccccc3)nc(-c3ccc(-n4c5ccccc5c5c4c4sc6ccccc6c4c4c6c7cccc8c7c(cc6n(-c6ccccc6)c45)-c4ccccc4-8)cc3)n2)cc1. The van der Waals surface area contributed by atoms with Gasteiger partial charge in [-0.1, -0.05) is 158 Å². The molecule has 0 saturated carbocycles. The quantitative estimate of drug-likeness (QED) is 0.173. The van der Waals surface area contributed by atoms with Crippen LogP contribution in [0.2, 0.25) is 0 Å². The molecule has 14 aromatic rings. The second-order valence-electron chi connectivity index (χ2n) is 17.5. The third kappa shape index (κ3) is 5.16. The van der Waals surface area contributed by atoms with Crippen LogP contribution < -0.4 is 0 Å². The third-order valence-corrected chi connectivity index (χ3v) is 15.0. The van der Waals surface area contributed by atoms with E-state index in [-0.39, 0.29) is 0 Å². The zero-order chi connectivity index (χ0) is 43.7. The van der Waals surface area contributed by atoms with E-state index in [1.165, 1.54) is 91.3 Å². The van der Waals surface area contributed by atoms with Gasteiger partial charge in [0.05, 0.1) is 26.8 Å². The molecule has 1 aliphatic rings. The molecule has 0 amide bonds. The normalized spacial score (nSPS) is 12.2. The molecule has 15 rings (SSSR count). The van der Waals surface area contributed by atoms with Crippen LogP contribution in [-0.2, 0) is 0 Å². The average molecular weight is 870 g/mol. The summed E-state index contributed by atoms with van der Waals surface area (Å²) in [4.78, 5) is 15.1. The summed E-state index contributed by atoms with van der Waals surface area (Å²) < 4.78 is 7.62. The lowest BCUT2D eigenvalue weighted by molar-refractivity contribution is 1.07. The van der Waals surface area contributed by atoms with Crippen LogP contribution in [0.5, 0.6) is 0 Å². The monoisotopic (exact) mass is 869 g/mol. The molecule has 0 radical (unpaired) electrons. The first kappa shape index (κ1) is 36.6. The van der Waals surface area contributed by atoms with Crippen molar-refractivity contribution in [3.63, 3.8) is 0 Å². The Kier molecular flexibility index (Phi) is 7.59. The zero-order valence-corrected chi connectivity index (χ0v) is 36.7. The predicted octanol–water partition coefficient (Wildman–Crippen LogP) is 16.2. The lowest BCUT2D eigenvalue weighted by Gasteiger charge is -2.12. The summed E-state index contributed by atoms with van der Waals surface area (Å²) in [6.45, 7) is 0. The molecule has 310 valence electrons. The molecular weight excluding hydrogens is 835 g/mol. The van der Waals surface area contributed by atoms with Crippen molar-refractivity contribution in [1.82, 2.24) is 24.1 Å². The summed E-state index contributed by atoms with van der Waals surface area (Å²) in [5.74, 6) is 1.92. The first-order valence-corrected chi connectivity index (χ1v) is 23.5. The average Bonchev–Trinajstić information content (AvgIpc) is 4.15. The molecule has 0 spiro atoms. The van der Waals surface area contributed by atoms with Crippen molar-refractivity contribution in [3.05, 3.63) is 212 Å². The van der Waals surface area contributed by atoms with Crippen molar-refractivity contribution in [2.45, 2.75) is 0 Å². The zero-order valence-electron chi connectivity index (χ0n) is 35.9. The molecule has 0 saturated heterocycles. The Labute approximate surface area is 388 Å². The second-order valence-corrected chi connectivity index (χ2v) is 18.5. The van der Waals surface area contributed by atoms with Gasteiger partial charge < -0.3 is 9.13 Å². The minimum absolute atomic E-state index is 0.632. The van der Waals surface area contributed by atoms with Crippen LogP contribution in [0.3, 0.4) is 0 Å². The first-order chi connectivity index (χ1) is 33.3. The van der Waals surface area contributed by atoms with E-state index in [4.69, 9.17) is 15.0 Å². The van der Waals surface area contributed by atoms with Gasteiger partial charge >= 0.3 is 0 Å². The molecule has 4 heterocycles. The maximum Gasteiger partial charge on any atom is 0.164 e. The highest BCUT2D eigenvalue weighted by molar-refractivity contribution is 7.27. The summed E-state index contributed by atoms with van der Waals surface area (Å²) in [7, 11) is 0. The minimum Gasteiger partial charge on any atom is -0.308 e. The number of aromatic nitrogens is 5. The number of para-hydroxylation sites is 2. The molecular formula is C61H35N5S. The van der Waals surface area contributed by atoms with Crippen LogP contribution >= 0.6 is 11.3 Å². The van der Waals surface area contributed by atoms with Gasteiger partial charge in [-0.2, -0.15) is 0 Å². The van der Waals surface area contributed by atoms with E-state index in [0.29, 0.717) is 17.5 Å². The van der Waals surface area contributed by atoms with E-state index in [0.717, 1.165) is 33.6 Å². The Morgan fingerprint density at radius 1 is 0.313 bits per heavy atom. The largest absolute Gasteiger partial charge is 0.308 e. The van der Waals surface area contributed by atoms with E-state index >= 15 is 0 Å². The molecule has 1 aliphatic carbocycles. The number of thiophene rings is 1. The molecule has 4 aromatic heterocycles. The van der Waals surface area contributed by atoms with Crippen molar-refractivity contribution in [3.8, 4) is 67.8 Å². The Balaban J connectivity index is 1.06. The van der Waals surface area contributed by atoms with Crippen LogP contribution in [0.25, 0.3) is 142 Å². The summed E-state index contributed by atoms with van der Waals surface area (Å²) in [5.41, 5.74) is 15.0. The van der Waals surface area contributed by atoms with Gasteiger partial charge in [-0.05, 0) is 87.6 Å². The van der Waals surface area contributed by atoms with Gasteiger partial charge in [-0.25, -0.2) is 15.0 Å². The predicted molar refractivity (Wildman–Crippen MR) is 280 cm³/mol. The fraction of sp³-hybridized carbons (Fsp3) is 0. The van der Waals surface area contributed by atoms with Crippen LogP contribution in [0.1, 0.15) is 0 Å². The second kappa shape index (κ2) is 13.9. The highest BCUT2D eigenvalue weighted by Gasteiger charge is 2.30. The van der Waals surface area contributed by atoms with Gasteiger partial charge in [0, 0.05) is 65.1 Å². The molecule has 0 N–H and O–H groups in total. The Bertz CT molecular complexity index is 4300. The molecule has 6 heteroatoms. The fourth-order valence-corrected chi connectivity index (χ4v) is 12.3. The minimum atomic E-state index is 0.632. The smallest absolute Gasteiger partial charge is 0.164 e. The lowest BCUT2D eigenvalue weighted by Crippen LogP contribution is -2.00. The van der Waals surface area contributed by atoms with Crippen molar-refractivity contribution >= 4 is 85.9 Å². The maximum absolute atomic E-state index is 5.07. The molecule has 67 heavy (non-hydrogen) atoms. The van der Waals surface area contributed by atoms with Gasteiger partial charge in [-0.15, -0.1) is 11.3 Å². The van der Waals surface area contributed by atoms with E-state index in [1.807, 2.05) is 47.7 Å². The summed E-state index contributed by atoms with van der Waals surface area (Å²) >= 11 is 1.90. The highest BCUT2D eigenvalue weighted by Crippen LogP contribution is 2.55. The van der Waals surface area contributed by atoms with Crippen LogP contribution in [0, 0.1) is 0 Å². The van der Waals surface area contributed by atoms with E-state index in [2.05, 4.69) is 185 Å². The number of nitrogens with zero attached hydrogens (tertiary/aromatic N) is 5. The highest BCUT2D eigenvalue weighted by atomic mass is 32.1. The summed E-state index contributed by atoms with van der Waals surface area (Å²) in [5, 5.41) is 10.3. The molecule has 0 unspecified atom stereocenters. The van der Waals surface area contributed by atoms with Crippen molar-refractivity contribution in [2.24, 2.45) is 0 Å². The van der Waals surface area contributed by atoms with Crippen molar-refractivity contribution < 1.29 is 0 Å². The molecule has 0 aliphatic heterocycles. The number of benzene rings is 10. The number of hydrogen-bond acceptors (Lipinski definition) is 4. The van der Waals surface area contributed by atoms with Gasteiger partial charge in [0.1, 0.15) is 0 Å². The molecule has 10 aromatic carbocycles. The van der Waals surface area contributed by atoms with Crippen LogP contribution in [-0.4, -0.2) is 24.1 Å². The number of fused-ring (bicyclic) bond motifs is 16. The standard InChI is InChI=1S/C61H35N5S/c1-4-17-36(18-5-1)59-62-60(37-19-6-2-7-20-37)64-61(63-59)38-31-33-40(34-32-38)65-48-29-14-12-25-44(48)54-56-55(53-45-26-13-15-30-50(45)67-58(53)57(54)65)52-46-28-16-27-43-41-23-10-11-24-42(41)47(51(43)46)35-49(52)66(56)39-21-8-3-9-22-39/h1-35H. The van der Waals surface area contributed by atoms with Gasteiger partial charge in [0.25, 0.3) is 0 Å². The molecule has 0 bridgehead atoms. The van der Waals surface area contributed by atoms with Crippen LogP contribution in [0.15, 0.2) is 212 Å². The first-order valence-electron chi connectivity index (χ1n) is 22.7. The summed E-state index contributed by atoms with van der Waals surface area (Å²) in [6, 6.07) is 76.3. The Morgan fingerprint density at radius 3 is 1.54 bits per heavy atom. The van der Waals surface area contributed by atoms with Crippen LogP contribution in [0.4, 0.5) is 0 Å². The molecule has 0 atom stereocenters. The molecule has 5 nitrogen and oxygen atoms in total. The Hall–Kier alpha value is -8.71. The lowest BCUT2D eigenvalue weighted by atomic mass is 9.95. The van der Waals surface area contributed by atoms with Gasteiger partial charge in [0.2, 0.25) is 0 Å². The topological polar surface area (TPSA) is 48.5 Å². The van der Waals surface area contributed by atoms with Gasteiger partial charge in [-0.3, -0.25) is 0 Å². The summed E-state index contributed by atoms with van der Waals surface area (Å²) in [6.07, 6.45) is 0. The number of hydrogen-bond donors (Lipinski definition) is 0. The van der Waals surface area contributed by atoms with E-state index < -0.39 is 0 Å². The van der Waals surface area contributed by atoms with Crippen molar-refractivity contribution in [2.75, 3.05) is 0 Å². The van der Waals surface area contributed by atoms with Crippen molar-refractivity contribution in [1.29, 1.82) is 0 Å². The third-order valence-electron chi connectivity index (χ3n) is 13.9. The molecule has 0 fully saturated rings. The van der Waals surface area contributed by atoms with E-state index in [9.17, 15) is 0 Å². The number of rotatable bonds is 5. The Morgan fingerprint density at radius 2 is 0.836 bits per heavy atom. The fourth-order valence-electron chi connectivity index (χ4n) is 11.1. The van der Waals surface area contributed by atoms with Gasteiger partial charge in [0.15, 0.2) is 17.5 Å². The van der Waals surface area contributed by atoms with E-state index in [1.54, 1.807) is 0 Å². The maximum atomic E-state index is 5.07.